The molecule has 10 rings (SSSR count). The Kier molecular flexibility index (Phi) is 14.1. The number of fused-ring (bicyclic) bond motifs is 6. The summed E-state index contributed by atoms with van der Waals surface area (Å²) < 4.78 is 60.4. The Morgan fingerprint density at radius 2 is 1.57 bits per heavy atom. The standard InChI is InChI=1S/C48H69N3O14/c1-7-39(54)49-21-40(55)50-22-41(56)51(5)23-28(53)18-37-42(57-6)32-17-27(52)16-30-9-11-34-43(60-30)47-46-45(62-34)44-38(63-46)20-48(64-44,65-47)13-12-31-15-25(3)33(58-31)10-8-29-14-24(2)26(4)35(59-29)19-36(32)61-37/h7,24,28-38,42-47,53H,1,3-4,8-23H2,2,5-6H3,(H,49,54)(H,50,55)/t24-,28+,29+,30-,31+,32+,33+,34+,35-,36+,37-,38?,42-,43+,44+,45?,46?,47+,48+/m1/s1. The van der Waals surface area contributed by atoms with Gasteiger partial charge in [-0.2, -0.15) is 0 Å². The molecule has 19 atom stereocenters. The van der Waals surface area contributed by atoms with Crippen molar-refractivity contribution < 1.29 is 66.9 Å². The van der Waals surface area contributed by atoms with Crippen molar-refractivity contribution in [3.05, 3.63) is 37.0 Å². The van der Waals surface area contributed by atoms with E-state index in [1.54, 1.807) is 7.11 Å². The predicted octanol–water partition coefficient (Wildman–Crippen LogP) is 2.36. The smallest absolute Gasteiger partial charge is 0.243 e. The zero-order chi connectivity index (χ0) is 45.7. The first-order valence-corrected chi connectivity index (χ1v) is 24.0. The lowest BCUT2D eigenvalue weighted by molar-refractivity contribution is -0.292. The van der Waals surface area contributed by atoms with Gasteiger partial charge in [-0.1, -0.05) is 26.7 Å². The maximum atomic E-state index is 14.3. The number of Topliss-reactive ketones (excluding diaryl/α,β-unsaturated/α-hetero) is 1. The number of amides is 3. The van der Waals surface area contributed by atoms with Crippen LogP contribution in [-0.4, -0.2) is 171 Å². The molecule has 17 nitrogen and oxygen atoms in total. The van der Waals surface area contributed by atoms with Gasteiger partial charge in [0, 0.05) is 65.1 Å². The third-order valence-corrected chi connectivity index (χ3v) is 15.7. The van der Waals surface area contributed by atoms with Crippen LogP contribution in [0, 0.1) is 11.8 Å². The van der Waals surface area contributed by atoms with Crippen LogP contribution in [0.1, 0.15) is 90.4 Å². The number of ether oxygens (including phenoxy) is 9. The Bertz CT molecular complexity index is 1850. The highest BCUT2D eigenvalue weighted by atomic mass is 16.8. The fourth-order valence-electron chi connectivity index (χ4n) is 12.3. The highest BCUT2D eigenvalue weighted by Crippen LogP contribution is 2.54. The van der Waals surface area contributed by atoms with Crippen molar-refractivity contribution in [3.8, 4) is 0 Å². The van der Waals surface area contributed by atoms with Gasteiger partial charge in [-0.3, -0.25) is 19.2 Å². The number of carbonyl (C=O) groups is 4. The molecule has 0 aliphatic carbocycles. The fraction of sp³-hybridized carbons (Fsp3) is 0.792. The summed E-state index contributed by atoms with van der Waals surface area (Å²) in [7, 11) is 3.13. The molecule has 3 amide bonds. The zero-order valence-corrected chi connectivity index (χ0v) is 38.1. The van der Waals surface area contributed by atoms with Crippen LogP contribution in [-0.2, 0) is 61.8 Å². The SMILES string of the molecule is C=CC(=O)NCC(=O)NCC(=O)N(C)C[C@@H](O)C[C@H]1O[C@H]2C[C@H]3O[C@@H](CC[C@@H]4O[C@@H](CC[C@@]56CC7OC8C(O[C@H]9CC[C@H](CC(=O)C[C@@H]2[C@H]1OC)O[C@@H]9[C@@H]8O5)[C@H]7O6)CC4=C)C[C@@H](C)C3=C. The van der Waals surface area contributed by atoms with Crippen LogP contribution in [0.4, 0.5) is 0 Å². The lowest BCUT2D eigenvalue weighted by Crippen LogP contribution is -2.61. The van der Waals surface area contributed by atoms with Crippen molar-refractivity contribution in [1.29, 1.82) is 0 Å². The Morgan fingerprint density at radius 3 is 2.37 bits per heavy atom. The van der Waals surface area contributed by atoms with Gasteiger partial charge >= 0.3 is 0 Å². The van der Waals surface area contributed by atoms with Crippen molar-refractivity contribution in [1.82, 2.24) is 15.5 Å². The first-order chi connectivity index (χ1) is 31.2. The Hall–Kier alpha value is -3.10. The summed E-state index contributed by atoms with van der Waals surface area (Å²) in [4.78, 5) is 52.1. The second-order valence-corrected chi connectivity index (χ2v) is 20.2. The van der Waals surface area contributed by atoms with Crippen molar-refractivity contribution >= 4 is 23.5 Å². The van der Waals surface area contributed by atoms with E-state index in [2.05, 4.69) is 37.3 Å². The van der Waals surface area contributed by atoms with E-state index in [0.717, 1.165) is 55.7 Å². The molecular weight excluding hydrogens is 843 g/mol. The van der Waals surface area contributed by atoms with E-state index >= 15 is 0 Å². The van der Waals surface area contributed by atoms with Gasteiger partial charge < -0.3 is 63.3 Å². The maximum absolute atomic E-state index is 14.3. The highest BCUT2D eigenvalue weighted by Gasteiger charge is 2.68. The molecule has 3 unspecified atom stereocenters. The molecule has 10 aliphatic rings. The van der Waals surface area contributed by atoms with E-state index in [4.69, 9.17) is 42.6 Å². The number of nitrogens with one attached hydrogen (secondary N) is 2. The highest BCUT2D eigenvalue weighted by molar-refractivity contribution is 5.91. The number of rotatable bonds is 10. The predicted molar refractivity (Wildman–Crippen MR) is 231 cm³/mol. The Morgan fingerprint density at radius 1 is 0.831 bits per heavy atom. The summed E-state index contributed by atoms with van der Waals surface area (Å²) in [6, 6.07) is 0. The van der Waals surface area contributed by atoms with E-state index in [9.17, 15) is 24.3 Å². The molecule has 0 aromatic carbocycles. The van der Waals surface area contributed by atoms with E-state index in [1.807, 2.05) is 0 Å². The number of aliphatic hydroxyl groups is 1. The van der Waals surface area contributed by atoms with Crippen LogP contribution >= 0.6 is 0 Å². The largest absolute Gasteiger partial charge is 0.391 e. The lowest BCUT2D eigenvalue weighted by Gasteiger charge is -2.47. The van der Waals surface area contributed by atoms with E-state index in [0.29, 0.717) is 25.7 Å². The fourth-order valence-corrected chi connectivity index (χ4v) is 12.3. The molecule has 10 aliphatic heterocycles. The molecule has 3 N–H and O–H groups in total. The van der Waals surface area contributed by atoms with Crippen LogP contribution < -0.4 is 10.6 Å². The molecule has 10 heterocycles. The second-order valence-electron chi connectivity index (χ2n) is 20.2. The first-order valence-electron chi connectivity index (χ1n) is 24.0. The molecular formula is C48H69N3O14. The summed E-state index contributed by atoms with van der Waals surface area (Å²) in [6.45, 7) is 13.8. The molecule has 17 heteroatoms. The van der Waals surface area contributed by atoms with Gasteiger partial charge in [-0.05, 0) is 68.1 Å². The number of ketones is 1. The summed E-state index contributed by atoms with van der Waals surface area (Å²) in [5, 5.41) is 16.2. The summed E-state index contributed by atoms with van der Waals surface area (Å²) in [5.41, 5.74) is 2.09. The molecule has 0 radical (unpaired) electrons. The van der Waals surface area contributed by atoms with Crippen molar-refractivity contribution in [2.24, 2.45) is 11.8 Å². The third-order valence-electron chi connectivity index (χ3n) is 15.7. The number of aliphatic hydroxyl groups excluding tert-OH is 1. The Labute approximate surface area is 381 Å². The number of carbonyl (C=O) groups excluding carboxylic acids is 4. The maximum Gasteiger partial charge on any atom is 0.243 e. The summed E-state index contributed by atoms with van der Waals surface area (Å²) >= 11 is 0. The molecule has 0 aromatic rings. The number of likely N-dealkylation sites (N-methyl/N-ethyl adjacent to an activating group) is 1. The van der Waals surface area contributed by atoms with Crippen LogP contribution in [0.3, 0.4) is 0 Å². The molecule has 10 fully saturated rings. The molecule has 65 heavy (non-hydrogen) atoms. The molecule has 0 aromatic heterocycles. The first kappa shape index (κ1) is 47.0. The molecule has 12 bridgehead atoms. The minimum atomic E-state index is -1.01. The normalized spacial score (nSPS) is 43.9. The van der Waals surface area contributed by atoms with Gasteiger partial charge in [0.05, 0.1) is 80.2 Å². The van der Waals surface area contributed by atoms with E-state index < -0.39 is 60.1 Å². The van der Waals surface area contributed by atoms with Crippen molar-refractivity contribution in [2.75, 3.05) is 33.8 Å². The molecule has 1 spiro atoms. The third kappa shape index (κ3) is 9.93. The monoisotopic (exact) mass is 911 g/mol. The molecule has 10 saturated heterocycles. The minimum absolute atomic E-state index is 0.00281. The summed E-state index contributed by atoms with van der Waals surface area (Å²) in [6.07, 6.45) is 3.38. The number of methoxy groups -OCH3 is 1. The number of hydrogen-bond acceptors (Lipinski definition) is 14. The number of hydrogen-bond donors (Lipinski definition) is 3. The van der Waals surface area contributed by atoms with Gasteiger partial charge in [-0.15, -0.1) is 0 Å². The lowest BCUT2D eigenvalue weighted by atomic mass is 9.81. The molecule has 0 saturated carbocycles. The summed E-state index contributed by atoms with van der Waals surface area (Å²) in [5.74, 6) is -2.45. The van der Waals surface area contributed by atoms with Crippen molar-refractivity contribution in [2.45, 2.75) is 194 Å². The van der Waals surface area contributed by atoms with Gasteiger partial charge in [-0.25, -0.2) is 0 Å². The average Bonchev–Trinajstić information content (AvgIpc) is 3.96. The van der Waals surface area contributed by atoms with Gasteiger partial charge in [0.25, 0.3) is 0 Å². The van der Waals surface area contributed by atoms with Crippen LogP contribution in [0.2, 0.25) is 0 Å². The second kappa shape index (κ2) is 19.5. The molecule has 360 valence electrons. The number of nitrogens with zero attached hydrogens (tertiary/aromatic N) is 1. The zero-order valence-electron chi connectivity index (χ0n) is 38.1. The van der Waals surface area contributed by atoms with Crippen LogP contribution in [0.5, 0.6) is 0 Å². The van der Waals surface area contributed by atoms with Crippen LogP contribution in [0.15, 0.2) is 37.0 Å². The van der Waals surface area contributed by atoms with E-state index in [1.165, 1.54) is 11.9 Å². The van der Waals surface area contributed by atoms with Gasteiger partial charge in [0.2, 0.25) is 17.7 Å². The average molecular weight is 912 g/mol. The van der Waals surface area contributed by atoms with Crippen molar-refractivity contribution in [3.63, 3.8) is 0 Å². The Balaban J connectivity index is 0.912. The quantitative estimate of drug-likeness (QED) is 0.213. The van der Waals surface area contributed by atoms with E-state index in [-0.39, 0.29) is 118 Å². The topological polar surface area (TPSA) is 199 Å². The van der Waals surface area contributed by atoms with Gasteiger partial charge in [0.15, 0.2) is 5.79 Å². The minimum Gasteiger partial charge on any atom is -0.391 e. The van der Waals surface area contributed by atoms with Crippen LogP contribution in [0.25, 0.3) is 0 Å². The van der Waals surface area contributed by atoms with Gasteiger partial charge in [0.1, 0.15) is 36.3 Å².